The molecule has 0 saturated carbocycles. The highest BCUT2D eigenvalue weighted by atomic mass is 16.3. The maximum Gasteiger partial charge on any atom is 0.212 e. The van der Waals surface area contributed by atoms with Crippen molar-refractivity contribution in [1.82, 2.24) is 15.2 Å². The largest absolute Gasteiger partial charge is 0.453 e. The van der Waals surface area contributed by atoms with Gasteiger partial charge in [-0.3, -0.25) is 9.78 Å². The second-order valence-electron chi connectivity index (χ2n) is 7.86. The van der Waals surface area contributed by atoms with Crippen LogP contribution in [0.15, 0.2) is 39.7 Å². The zero-order chi connectivity index (χ0) is 21.3. The summed E-state index contributed by atoms with van der Waals surface area (Å²) in [5.74, 6) is 0.892. The molecule has 1 aliphatic heterocycles. The average molecular weight is 406 g/mol. The minimum Gasteiger partial charge on any atom is -0.453 e. The molecule has 1 aromatic carbocycles. The number of piperazine rings is 1. The van der Waals surface area contributed by atoms with Crippen LogP contribution in [-0.2, 0) is 4.79 Å². The third-order valence-corrected chi connectivity index (χ3v) is 5.54. The van der Waals surface area contributed by atoms with E-state index in [1.807, 2.05) is 39.0 Å². The SMILES string of the molecule is Cc1cc2oc(/C(=N/c3ccc(N4CCN(C)CC4)cc3C)NC=O)cc2c(C)n1. The molecule has 30 heavy (non-hydrogen) atoms. The van der Waals surface area contributed by atoms with Crippen molar-refractivity contribution in [2.75, 3.05) is 38.1 Å². The number of hydrogen-bond donors (Lipinski definition) is 1. The van der Waals surface area contributed by atoms with E-state index in [-0.39, 0.29) is 0 Å². The summed E-state index contributed by atoms with van der Waals surface area (Å²) in [6.45, 7) is 10.1. The van der Waals surface area contributed by atoms with Crippen molar-refractivity contribution in [1.29, 1.82) is 0 Å². The molecule has 7 nitrogen and oxygen atoms in total. The number of pyridine rings is 1. The molecule has 1 aliphatic rings. The monoisotopic (exact) mass is 405 g/mol. The molecule has 156 valence electrons. The minimum atomic E-state index is 0.383. The highest BCUT2D eigenvalue weighted by molar-refractivity contribution is 6.05. The molecule has 0 aliphatic carbocycles. The normalized spacial score (nSPS) is 15.6. The maximum absolute atomic E-state index is 11.2. The van der Waals surface area contributed by atoms with Crippen LogP contribution in [0, 0.1) is 20.8 Å². The Morgan fingerprint density at radius 1 is 1.13 bits per heavy atom. The number of fused-ring (bicyclic) bond motifs is 1. The van der Waals surface area contributed by atoms with Gasteiger partial charge in [-0.15, -0.1) is 0 Å². The van der Waals surface area contributed by atoms with E-state index in [2.05, 4.69) is 39.3 Å². The van der Waals surface area contributed by atoms with E-state index in [9.17, 15) is 4.79 Å². The zero-order valence-electron chi connectivity index (χ0n) is 17.9. The van der Waals surface area contributed by atoms with Crippen LogP contribution >= 0.6 is 0 Å². The van der Waals surface area contributed by atoms with Crippen LogP contribution in [0.5, 0.6) is 0 Å². The first-order valence-corrected chi connectivity index (χ1v) is 10.2. The lowest BCUT2D eigenvalue weighted by Crippen LogP contribution is -2.44. The van der Waals surface area contributed by atoms with E-state index >= 15 is 0 Å². The van der Waals surface area contributed by atoms with Crippen LogP contribution in [0.4, 0.5) is 11.4 Å². The highest BCUT2D eigenvalue weighted by Crippen LogP contribution is 2.28. The number of nitrogens with zero attached hydrogens (tertiary/aromatic N) is 4. The molecule has 0 spiro atoms. The quantitative estimate of drug-likeness (QED) is 0.409. The van der Waals surface area contributed by atoms with Crippen molar-refractivity contribution in [2.45, 2.75) is 20.8 Å². The first kappa shape index (κ1) is 20.1. The molecule has 1 fully saturated rings. The van der Waals surface area contributed by atoms with Crippen LogP contribution in [0.3, 0.4) is 0 Å². The lowest BCUT2D eigenvalue weighted by molar-refractivity contribution is -0.108. The van der Waals surface area contributed by atoms with Gasteiger partial charge >= 0.3 is 0 Å². The predicted molar refractivity (Wildman–Crippen MR) is 120 cm³/mol. The number of aryl methyl sites for hydroxylation is 3. The Kier molecular flexibility index (Phi) is 5.55. The Morgan fingerprint density at radius 3 is 2.60 bits per heavy atom. The number of rotatable bonds is 4. The summed E-state index contributed by atoms with van der Waals surface area (Å²) in [5.41, 5.74) is 5.55. The van der Waals surface area contributed by atoms with Crippen molar-refractivity contribution < 1.29 is 9.21 Å². The van der Waals surface area contributed by atoms with Crippen LogP contribution < -0.4 is 10.2 Å². The molecule has 3 heterocycles. The van der Waals surface area contributed by atoms with Crippen LogP contribution in [0.25, 0.3) is 11.0 Å². The molecule has 1 saturated heterocycles. The van der Waals surface area contributed by atoms with Gasteiger partial charge in [-0.1, -0.05) is 0 Å². The molecule has 0 bridgehead atoms. The van der Waals surface area contributed by atoms with Crippen LogP contribution in [0.2, 0.25) is 0 Å². The van der Waals surface area contributed by atoms with Gasteiger partial charge < -0.3 is 19.5 Å². The maximum atomic E-state index is 11.2. The van der Waals surface area contributed by atoms with Gasteiger partial charge in [0.15, 0.2) is 11.6 Å². The van der Waals surface area contributed by atoms with Crippen molar-refractivity contribution in [3.05, 3.63) is 53.0 Å². The summed E-state index contributed by atoms with van der Waals surface area (Å²) < 4.78 is 5.98. The van der Waals surface area contributed by atoms with E-state index in [0.29, 0.717) is 18.0 Å². The van der Waals surface area contributed by atoms with E-state index in [0.717, 1.165) is 59.8 Å². The highest BCUT2D eigenvalue weighted by Gasteiger charge is 2.16. The Morgan fingerprint density at radius 2 is 1.90 bits per heavy atom. The number of furan rings is 1. The number of nitrogens with one attached hydrogen (secondary N) is 1. The number of benzene rings is 1. The van der Waals surface area contributed by atoms with Gasteiger partial charge in [0.25, 0.3) is 0 Å². The first-order chi connectivity index (χ1) is 14.4. The number of aromatic nitrogens is 1. The Balaban J connectivity index is 1.67. The number of hydrogen-bond acceptors (Lipinski definition) is 6. The van der Waals surface area contributed by atoms with Gasteiger partial charge in [-0.25, -0.2) is 4.99 Å². The molecule has 4 rings (SSSR count). The van der Waals surface area contributed by atoms with Gasteiger partial charge in [0.1, 0.15) is 5.58 Å². The standard InChI is InChI=1S/C23H27N5O2/c1-15-11-18(28-9-7-27(4)8-10-28)5-6-20(15)26-23(24-14-29)22-13-19-17(3)25-16(2)12-21(19)30-22/h5-6,11-14H,7-10H2,1-4H3,(H,24,26,29). The summed E-state index contributed by atoms with van der Waals surface area (Å²) in [6, 6.07) is 10.0. The number of carbonyl (C=O) groups excluding carboxylic acids is 1. The van der Waals surface area contributed by atoms with Crippen molar-refractivity contribution >= 4 is 34.6 Å². The van der Waals surface area contributed by atoms with E-state index in [1.165, 1.54) is 5.69 Å². The van der Waals surface area contributed by atoms with E-state index in [1.54, 1.807) is 0 Å². The fourth-order valence-corrected chi connectivity index (χ4v) is 3.82. The molecule has 1 N–H and O–H groups in total. The molecular formula is C23H27N5O2. The third kappa shape index (κ3) is 4.07. The number of amides is 1. The fourth-order valence-electron chi connectivity index (χ4n) is 3.82. The molecule has 0 unspecified atom stereocenters. The Labute approximate surface area is 176 Å². The first-order valence-electron chi connectivity index (χ1n) is 10.2. The van der Waals surface area contributed by atoms with Gasteiger partial charge in [0.05, 0.1) is 5.69 Å². The minimum absolute atomic E-state index is 0.383. The molecular weight excluding hydrogens is 378 g/mol. The second-order valence-corrected chi connectivity index (χ2v) is 7.86. The van der Waals surface area contributed by atoms with Gasteiger partial charge in [0.2, 0.25) is 6.41 Å². The molecule has 0 radical (unpaired) electrons. The van der Waals surface area contributed by atoms with E-state index < -0.39 is 0 Å². The summed E-state index contributed by atoms with van der Waals surface area (Å²) in [7, 11) is 2.15. The lowest BCUT2D eigenvalue weighted by atomic mass is 10.1. The van der Waals surface area contributed by atoms with Crippen molar-refractivity contribution in [2.24, 2.45) is 4.99 Å². The molecule has 2 aromatic heterocycles. The number of amidine groups is 1. The zero-order valence-corrected chi connectivity index (χ0v) is 17.9. The lowest BCUT2D eigenvalue weighted by Gasteiger charge is -2.34. The number of aliphatic imine (C=N–C) groups is 1. The average Bonchev–Trinajstić information content (AvgIpc) is 3.14. The molecule has 1 amide bonds. The Hall–Kier alpha value is -3.19. The Bertz CT molecular complexity index is 1110. The second kappa shape index (κ2) is 8.28. The number of likely N-dealkylation sites (N-methyl/N-ethyl adjacent to an activating group) is 1. The van der Waals surface area contributed by atoms with Gasteiger partial charge in [-0.05, 0) is 57.6 Å². The summed E-state index contributed by atoms with van der Waals surface area (Å²) in [4.78, 5) is 25.1. The number of carbonyl (C=O) groups is 1. The molecule has 0 atom stereocenters. The van der Waals surface area contributed by atoms with Crippen LogP contribution in [-0.4, -0.2) is 55.4 Å². The molecule has 3 aromatic rings. The summed E-state index contributed by atoms with van der Waals surface area (Å²) in [5, 5.41) is 3.61. The predicted octanol–water partition coefficient (Wildman–Crippen LogP) is 3.33. The fraction of sp³-hybridized carbons (Fsp3) is 0.348. The smallest absolute Gasteiger partial charge is 0.212 e. The van der Waals surface area contributed by atoms with Crippen molar-refractivity contribution in [3.8, 4) is 0 Å². The summed E-state index contributed by atoms with van der Waals surface area (Å²) >= 11 is 0. The topological polar surface area (TPSA) is 74.0 Å². The number of anilines is 1. The van der Waals surface area contributed by atoms with Crippen LogP contribution in [0.1, 0.15) is 22.7 Å². The van der Waals surface area contributed by atoms with Gasteiger partial charge in [-0.2, -0.15) is 0 Å². The van der Waals surface area contributed by atoms with E-state index in [4.69, 9.17) is 9.41 Å². The third-order valence-electron chi connectivity index (χ3n) is 5.54. The van der Waals surface area contributed by atoms with Gasteiger partial charge in [0, 0.05) is 54.7 Å². The van der Waals surface area contributed by atoms with Crippen molar-refractivity contribution in [3.63, 3.8) is 0 Å². The molecule has 7 heteroatoms. The summed E-state index contributed by atoms with van der Waals surface area (Å²) in [6.07, 6.45) is 0.621.